The highest BCUT2D eigenvalue weighted by molar-refractivity contribution is 5.92. The van der Waals surface area contributed by atoms with Crippen molar-refractivity contribution in [2.75, 3.05) is 14.2 Å². The lowest BCUT2D eigenvalue weighted by Crippen LogP contribution is -2.32. The summed E-state index contributed by atoms with van der Waals surface area (Å²) in [5.41, 5.74) is 0.891. The molecule has 1 N–H and O–H groups in total. The van der Waals surface area contributed by atoms with E-state index in [2.05, 4.69) is 19.2 Å². The Hall–Kier alpha value is -1.97. The van der Waals surface area contributed by atoms with Crippen LogP contribution in [0.3, 0.4) is 0 Å². The molecule has 0 saturated heterocycles. The van der Waals surface area contributed by atoms with Gasteiger partial charge in [0.1, 0.15) is 0 Å². The Balaban J connectivity index is 2.72. The Morgan fingerprint density at radius 3 is 2.40 bits per heavy atom. The molecule has 0 unspecified atom stereocenters. The Labute approximate surface area is 120 Å². The van der Waals surface area contributed by atoms with Gasteiger partial charge >= 0.3 is 0 Å². The first kappa shape index (κ1) is 16.1. The lowest BCUT2D eigenvalue weighted by Gasteiger charge is -2.12. The largest absolute Gasteiger partial charge is 0.493 e. The second kappa shape index (κ2) is 8.25. The average Bonchev–Trinajstić information content (AvgIpc) is 2.50. The number of methoxy groups -OCH3 is 2. The molecule has 4 heteroatoms. The Bertz CT molecular complexity index is 465. The number of benzene rings is 1. The van der Waals surface area contributed by atoms with Crippen LogP contribution in [0.2, 0.25) is 0 Å². The highest BCUT2D eigenvalue weighted by atomic mass is 16.5. The topological polar surface area (TPSA) is 47.6 Å². The van der Waals surface area contributed by atoms with Crippen molar-refractivity contribution in [3.05, 3.63) is 29.8 Å². The average molecular weight is 277 g/mol. The predicted molar refractivity (Wildman–Crippen MR) is 81.1 cm³/mol. The minimum atomic E-state index is -0.0755. The maximum atomic E-state index is 11.8. The summed E-state index contributed by atoms with van der Waals surface area (Å²) in [7, 11) is 3.18. The van der Waals surface area contributed by atoms with Crippen LogP contribution < -0.4 is 14.8 Å². The van der Waals surface area contributed by atoms with Crippen LogP contribution in [-0.2, 0) is 4.79 Å². The monoisotopic (exact) mass is 277 g/mol. The van der Waals surface area contributed by atoms with Crippen LogP contribution in [0.25, 0.3) is 6.08 Å². The van der Waals surface area contributed by atoms with Crippen molar-refractivity contribution in [2.24, 2.45) is 0 Å². The molecular formula is C16H23NO3. The molecule has 1 aromatic carbocycles. The second-order valence-corrected chi connectivity index (χ2v) is 4.47. The Morgan fingerprint density at radius 1 is 1.20 bits per heavy atom. The molecule has 0 aromatic heterocycles. The van der Waals surface area contributed by atoms with Crippen molar-refractivity contribution in [3.8, 4) is 11.5 Å². The normalized spacial score (nSPS) is 10.8. The molecular weight excluding hydrogens is 254 g/mol. The number of hydrogen-bond acceptors (Lipinski definition) is 3. The second-order valence-electron chi connectivity index (χ2n) is 4.47. The number of carbonyl (C=O) groups is 1. The van der Waals surface area contributed by atoms with Crippen molar-refractivity contribution < 1.29 is 14.3 Å². The van der Waals surface area contributed by atoms with Gasteiger partial charge in [-0.1, -0.05) is 19.9 Å². The van der Waals surface area contributed by atoms with Crippen molar-refractivity contribution >= 4 is 12.0 Å². The van der Waals surface area contributed by atoms with E-state index in [-0.39, 0.29) is 11.9 Å². The van der Waals surface area contributed by atoms with Crippen LogP contribution in [-0.4, -0.2) is 26.2 Å². The molecule has 0 aliphatic rings. The van der Waals surface area contributed by atoms with Crippen LogP contribution in [0, 0.1) is 0 Å². The number of nitrogens with one attached hydrogen (secondary N) is 1. The fraction of sp³-hybridized carbons (Fsp3) is 0.438. The summed E-state index contributed by atoms with van der Waals surface area (Å²) in [5, 5.41) is 2.96. The van der Waals surface area contributed by atoms with Crippen molar-refractivity contribution in [3.63, 3.8) is 0 Å². The minimum Gasteiger partial charge on any atom is -0.493 e. The molecule has 0 heterocycles. The number of carbonyl (C=O) groups excluding carboxylic acids is 1. The van der Waals surface area contributed by atoms with Gasteiger partial charge in [-0.15, -0.1) is 0 Å². The number of amides is 1. The number of rotatable bonds is 7. The quantitative estimate of drug-likeness (QED) is 0.779. The van der Waals surface area contributed by atoms with Crippen LogP contribution in [0.4, 0.5) is 0 Å². The van der Waals surface area contributed by atoms with E-state index < -0.39 is 0 Å². The van der Waals surface area contributed by atoms with E-state index in [1.165, 1.54) is 0 Å². The van der Waals surface area contributed by atoms with Crippen LogP contribution in [0.15, 0.2) is 24.3 Å². The van der Waals surface area contributed by atoms with Gasteiger partial charge in [0.15, 0.2) is 11.5 Å². The van der Waals surface area contributed by atoms with Gasteiger partial charge in [-0.2, -0.15) is 0 Å². The van der Waals surface area contributed by atoms with E-state index in [4.69, 9.17) is 9.47 Å². The summed E-state index contributed by atoms with van der Waals surface area (Å²) in [6, 6.07) is 5.76. The first-order valence-corrected chi connectivity index (χ1v) is 6.85. The number of hydrogen-bond donors (Lipinski definition) is 1. The van der Waals surface area contributed by atoms with Crippen molar-refractivity contribution in [2.45, 2.75) is 32.7 Å². The lowest BCUT2D eigenvalue weighted by atomic mass is 10.1. The summed E-state index contributed by atoms with van der Waals surface area (Å²) in [4.78, 5) is 11.8. The standard InChI is InChI=1S/C16H23NO3/c1-5-13(6-2)17-16(18)10-8-12-7-9-14(19-3)15(11-12)20-4/h7-11,13H,5-6H2,1-4H3,(H,17,18). The zero-order valence-electron chi connectivity index (χ0n) is 12.6. The van der Waals surface area contributed by atoms with E-state index in [1.807, 2.05) is 18.2 Å². The van der Waals surface area contributed by atoms with E-state index in [0.717, 1.165) is 18.4 Å². The maximum absolute atomic E-state index is 11.8. The number of ether oxygens (including phenoxy) is 2. The van der Waals surface area contributed by atoms with Crippen molar-refractivity contribution in [1.82, 2.24) is 5.32 Å². The third-order valence-electron chi connectivity index (χ3n) is 3.17. The molecule has 20 heavy (non-hydrogen) atoms. The molecule has 1 rings (SSSR count). The van der Waals surface area contributed by atoms with Gasteiger partial charge in [-0.05, 0) is 36.6 Å². The van der Waals surface area contributed by atoms with Gasteiger partial charge in [-0.3, -0.25) is 4.79 Å². The van der Waals surface area contributed by atoms with E-state index in [0.29, 0.717) is 11.5 Å². The highest BCUT2D eigenvalue weighted by Gasteiger charge is 2.06. The summed E-state index contributed by atoms with van der Waals surface area (Å²) in [5.74, 6) is 1.25. The van der Waals surface area contributed by atoms with Gasteiger partial charge in [0.2, 0.25) is 5.91 Å². The summed E-state index contributed by atoms with van der Waals surface area (Å²) < 4.78 is 10.4. The SMILES string of the molecule is CCC(CC)NC(=O)C=Cc1ccc(OC)c(OC)c1. The third kappa shape index (κ3) is 4.61. The lowest BCUT2D eigenvalue weighted by molar-refractivity contribution is -0.117. The Morgan fingerprint density at radius 2 is 1.85 bits per heavy atom. The molecule has 1 aromatic rings. The first-order chi connectivity index (χ1) is 9.64. The molecule has 110 valence electrons. The molecule has 1 amide bonds. The minimum absolute atomic E-state index is 0.0755. The fourth-order valence-corrected chi connectivity index (χ4v) is 1.87. The zero-order valence-corrected chi connectivity index (χ0v) is 12.6. The van der Waals surface area contributed by atoms with Crippen LogP contribution >= 0.6 is 0 Å². The van der Waals surface area contributed by atoms with E-state index in [9.17, 15) is 4.79 Å². The molecule has 0 aliphatic carbocycles. The molecule has 0 bridgehead atoms. The van der Waals surface area contributed by atoms with Gasteiger partial charge in [0.05, 0.1) is 14.2 Å². The predicted octanol–water partition coefficient (Wildman–Crippen LogP) is 3.02. The molecule has 4 nitrogen and oxygen atoms in total. The Kier molecular flexibility index (Phi) is 6.64. The molecule has 0 radical (unpaired) electrons. The molecule has 0 aliphatic heterocycles. The summed E-state index contributed by atoms with van der Waals surface area (Å²) >= 11 is 0. The summed E-state index contributed by atoms with van der Waals surface area (Å²) in [6.07, 6.45) is 5.18. The fourth-order valence-electron chi connectivity index (χ4n) is 1.87. The molecule has 0 saturated carbocycles. The third-order valence-corrected chi connectivity index (χ3v) is 3.17. The van der Waals surface area contributed by atoms with E-state index in [1.54, 1.807) is 26.4 Å². The zero-order chi connectivity index (χ0) is 15.0. The summed E-state index contributed by atoms with van der Waals surface area (Å²) in [6.45, 7) is 4.12. The highest BCUT2D eigenvalue weighted by Crippen LogP contribution is 2.27. The van der Waals surface area contributed by atoms with Gasteiger partial charge < -0.3 is 14.8 Å². The van der Waals surface area contributed by atoms with Crippen LogP contribution in [0.1, 0.15) is 32.3 Å². The maximum Gasteiger partial charge on any atom is 0.244 e. The van der Waals surface area contributed by atoms with Gasteiger partial charge in [-0.25, -0.2) is 0 Å². The molecule has 0 fully saturated rings. The molecule has 0 atom stereocenters. The molecule has 0 spiro atoms. The van der Waals surface area contributed by atoms with Gasteiger partial charge in [0.25, 0.3) is 0 Å². The van der Waals surface area contributed by atoms with Gasteiger partial charge in [0, 0.05) is 12.1 Å². The van der Waals surface area contributed by atoms with Crippen LogP contribution in [0.5, 0.6) is 11.5 Å². The smallest absolute Gasteiger partial charge is 0.244 e. The first-order valence-electron chi connectivity index (χ1n) is 6.85. The van der Waals surface area contributed by atoms with Crippen molar-refractivity contribution in [1.29, 1.82) is 0 Å². The van der Waals surface area contributed by atoms with E-state index >= 15 is 0 Å².